The summed E-state index contributed by atoms with van der Waals surface area (Å²) in [7, 11) is -3.65. The molecule has 3 heterocycles. The number of carbonyl (C=O) groups excluding carboxylic acids is 2. The van der Waals surface area contributed by atoms with Crippen molar-refractivity contribution in [2.24, 2.45) is 5.92 Å². The van der Waals surface area contributed by atoms with Crippen LogP contribution in [0.1, 0.15) is 35.9 Å². The number of rotatable bonds is 5. The maximum atomic E-state index is 13.0. The van der Waals surface area contributed by atoms with Gasteiger partial charge in [-0.3, -0.25) is 4.79 Å². The fourth-order valence-corrected chi connectivity index (χ4v) is 6.61. The molecule has 0 aliphatic carbocycles. The molecule has 178 valence electrons. The van der Waals surface area contributed by atoms with Gasteiger partial charge >= 0.3 is 6.09 Å². The van der Waals surface area contributed by atoms with E-state index >= 15 is 0 Å². The number of thiazole rings is 1. The van der Waals surface area contributed by atoms with Crippen LogP contribution in [0.25, 0.3) is 0 Å². The minimum atomic E-state index is -3.65. The number of piperidine rings is 1. The van der Waals surface area contributed by atoms with E-state index in [2.05, 4.69) is 10.3 Å². The lowest BCUT2D eigenvalue weighted by Crippen LogP contribution is -2.43. The highest BCUT2D eigenvalue weighted by Gasteiger charge is 2.34. The Labute approximate surface area is 197 Å². The molecule has 11 heteroatoms. The Morgan fingerprint density at radius 1 is 1.24 bits per heavy atom. The summed E-state index contributed by atoms with van der Waals surface area (Å²) in [6.07, 6.45) is 1.49. The van der Waals surface area contributed by atoms with Crippen LogP contribution in [-0.4, -0.2) is 60.8 Å². The van der Waals surface area contributed by atoms with Crippen molar-refractivity contribution < 1.29 is 22.7 Å². The molecule has 33 heavy (non-hydrogen) atoms. The summed E-state index contributed by atoms with van der Waals surface area (Å²) in [5.74, 6) is -0.678. The van der Waals surface area contributed by atoms with Crippen molar-refractivity contribution in [3.8, 4) is 0 Å². The van der Waals surface area contributed by atoms with E-state index in [1.807, 2.05) is 6.92 Å². The number of sulfonamides is 1. The van der Waals surface area contributed by atoms with Crippen molar-refractivity contribution in [1.29, 1.82) is 0 Å². The van der Waals surface area contributed by atoms with Gasteiger partial charge in [0.25, 0.3) is 0 Å². The molecule has 0 spiro atoms. The molecule has 2 aliphatic rings. The van der Waals surface area contributed by atoms with E-state index in [1.165, 1.54) is 15.6 Å². The molecule has 9 nitrogen and oxygen atoms in total. The molecule has 0 saturated carbocycles. The highest BCUT2D eigenvalue weighted by atomic mass is 32.2. The summed E-state index contributed by atoms with van der Waals surface area (Å²) in [4.78, 5) is 32.3. The number of anilines is 1. The summed E-state index contributed by atoms with van der Waals surface area (Å²) < 4.78 is 32.5. The summed E-state index contributed by atoms with van der Waals surface area (Å²) in [5, 5.41) is 3.35. The smallest absolute Gasteiger partial charge is 0.410 e. The summed E-state index contributed by atoms with van der Waals surface area (Å²) >= 11 is 1.35. The van der Waals surface area contributed by atoms with Crippen LogP contribution < -0.4 is 5.32 Å². The maximum Gasteiger partial charge on any atom is 0.410 e. The second-order valence-corrected chi connectivity index (χ2v) is 11.3. The number of aryl methyl sites for hydroxylation is 1. The quantitative estimate of drug-likeness (QED) is 0.687. The average Bonchev–Trinajstić information content (AvgIpc) is 3.21. The van der Waals surface area contributed by atoms with Gasteiger partial charge < -0.3 is 15.0 Å². The first-order chi connectivity index (χ1) is 15.8. The molecular weight excluding hydrogens is 464 g/mol. The zero-order valence-corrected chi connectivity index (χ0v) is 20.4. The van der Waals surface area contributed by atoms with Crippen molar-refractivity contribution in [3.63, 3.8) is 0 Å². The Morgan fingerprint density at radius 3 is 2.73 bits per heavy atom. The Kier molecular flexibility index (Phi) is 7.01. The van der Waals surface area contributed by atoms with E-state index in [4.69, 9.17) is 4.74 Å². The van der Waals surface area contributed by atoms with Gasteiger partial charge in [0, 0.05) is 30.9 Å². The van der Waals surface area contributed by atoms with Gasteiger partial charge in [-0.15, -0.1) is 0 Å². The highest BCUT2D eigenvalue weighted by Crippen LogP contribution is 2.30. The second kappa shape index (κ2) is 9.78. The molecule has 0 bridgehead atoms. The van der Waals surface area contributed by atoms with Crippen LogP contribution in [0.3, 0.4) is 0 Å². The number of nitrogens with one attached hydrogen (secondary N) is 1. The van der Waals surface area contributed by atoms with Crippen molar-refractivity contribution >= 4 is 38.5 Å². The van der Waals surface area contributed by atoms with Gasteiger partial charge in [0.1, 0.15) is 0 Å². The van der Waals surface area contributed by atoms with Gasteiger partial charge in [-0.05, 0) is 38.8 Å². The van der Waals surface area contributed by atoms with Gasteiger partial charge in [0.05, 0.1) is 29.7 Å². The number of aromatic nitrogens is 1. The zero-order valence-electron chi connectivity index (χ0n) is 18.7. The van der Waals surface area contributed by atoms with Crippen LogP contribution in [0.15, 0.2) is 29.2 Å². The molecule has 1 atom stereocenters. The molecule has 1 aromatic heterocycles. The van der Waals surface area contributed by atoms with Gasteiger partial charge in [0.2, 0.25) is 15.9 Å². The topological polar surface area (TPSA) is 109 Å². The fraction of sp³-hybridized carbons (Fsp3) is 0.500. The third-order valence-corrected chi connectivity index (χ3v) is 8.78. The van der Waals surface area contributed by atoms with E-state index in [-0.39, 0.29) is 23.4 Å². The van der Waals surface area contributed by atoms with Crippen molar-refractivity contribution in [1.82, 2.24) is 14.2 Å². The number of carbonyl (C=O) groups is 2. The fourth-order valence-electron chi connectivity index (χ4n) is 4.06. The second-order valence-electron chi connectivity index (χ2n) is 8.26. The molecule has 0 radical (unpaired) electrons. The predicted molar refractivity (Wildman–Crippen MR) is 125 cm³/mol. The van der Waals surface area contributed by atoms with E-state index in [1.54, 1.807) is 36.1 Å². The first-order valence-electron chi connectivity index (χ1n) is 11.1. The molecule has 2 amide bonds. The lowest BCUT2D eigenvalue weighted by atomic mass is 9.99. The van der Waals surface area contributed by atoms with Crippen LogP contribution in [-0.2, 0) is 32.5 Å². The number of fused-ring (bicyclic) bond motifs is 1. The minimum Gasteiger partial charge on any atom is -0.450 e. The maximum absolute atomic E-state index is 13.0. The predicted octanol–water partition coefficient (Wildman–Crippen LogP) is 3.01. The Morgan fingerprint density at radius 2 is 2.00 bits per heavy atom. The van der Waals surface area contributed by atoms with Gasteiger partial charge in [0.15, 0.2) is 5.13 Å². The Hall–Kier alpha value is -2.50. The molecule has 1 fully saturated rings. The lowest BCUT2D eigenvalue weighted by Gasteiger charge is -2.31. The number of benzene rings is 1. The van der Waals surface area contributed by atoms with E-state index < -0.39 is 15.9 Å². The number of nitrogens with zero attached hydrogens (tertiary/aromatic N) is 3. The summed E-state index contributed by atoms with van der Waals surface area (Å²) in [5.41, 5.74) is 1.87. The molecule has 1 N–H and O–H groups in total. The van der Waals surface area contributed by atoms with Crippen LogP contribution in [0, 0.1) is 12.8 Å². The number of amides is 2. The van der Waals surface area contributed by atoms with E-state index in [0.29, 0.717) is 50.6 Å². The number of ether oxygens (including phenoxy) is 1. The van der Waals surface area contributed by atoms with E-state index in [0.717, 1.165) is 16.1 Å². The molecule has 1 unspecified atom stereocenters. The highest BCUT2D eigenvalue weighted by molar-refractivity contribution is 7.89. The van der Waals surface area contributed by atoms with Crippen molar-refractivity contribution in [2.75, 3.05) is 31.6 Å². The SMILES string of the molecule is CCOC(=O)N1CCc2nc(NC(=O)C3CCCN(S(=O)(=O)c4ccc(C)cc4)C3)sc2C1. The largest absolute Gasteiger partial charge is 0.450 e. The summed E-state index contributed by atoms with van der Waals surface area (Å²) in [6.45, 7) is 5.48. The first-order valence-corrected chi connectivity index (χ1v) is 13.3. The number of hydrogen-bond donors (Lipinski definition) is 1. The Balaban J connectivity index is 1.40. The van der Waals surface area contributed by atoms with Gasteiger partial charge in [-0.1, -0.05) is 29.0 Å². The van der Waals surface area contributed by atoms with Crippen LogP contribution in [0.2, 0.25) is 0 Å². The average molecular weight is 493 g/mol. The molecule has 1 saturated heterocycles. The third-order valence-electron chi connectivity index (χ3n) is 5.90. The monoisotopic (exact) mass is 492 g/mol. The van der Waals surface area contributed by atoms with Gasteiger partial charge in [-0.2, -0.15) is 4.31 Å². The molecule has 2 aromatic rings. The molecule has 4 rings (SSSR count). The molecule has 2 aliphatic heterocycles. The standard InChI is InChI=1S/C22H28N4O5S2/c1-3-31-22(28)25-12-10-18-19(14-25)32-21(23-18)24-20(27)16-5-4-11-26(13-16)33(29,30)17-8-6-15(2)7-9-17/h6-9,16H,3-5,10-14H2,1-2H3,(H,23,24,27). The Bertz CT molecular complexity index is 1130. The van der Waals surface area contributed by atoms with Crippen molar-refractivity contribution in [3.05, 3.63) is 40.4 Å². The van der Waals surface area contributed by atoms with E-state index in [9.17, 15) is 18.0 Å². The normalized spacial score (nSPS) is 19.1. The third kappa shape index (κ3) is 5.20. The molecular formula is C22H28N4O5S2. The zero-order chi connectivity index (χ0) is 23.6. The number of hydrogen-bond acceptors (Lipinski definition) is 7. The van der Waals surface area contributed by atoms with Crippen LogP contribution >= 0.6 is 11.3 Å². The lowest BCUT2D eigenvalue weighted by molar-refractivity contribution is -0.120. The van der Waals surface area contributed by atoms with Crippen LogP contribution in [0.5, 0.6) is 0 Å². The van der Waals surface area contributed by atoms with Crippen LogP contribution in [0.4, 0.5) is 9.93 Å². The van der Waals surface area contributed by atoms with Gasteiger partial charge in [-0.25, -0.2) is 18.2 Å². The first kappa shape index (κ1) is 23.7. The minimum absolute atomic E-state index is 0.143. The summed E-state index contributed by atoms with van der Waals surface area (Å²) in [6, 6.07) is 6.75. The van der Waals surface area contributed by atoms with Crippen molar-refractivity contribution in [2.45, 2.75) is 44.6 Å². The molecule has 1 aromatic carbocycles.